The third-order valence-corrected chi connectivity index (χ3v) is 23.7. The summed E-state index contributed by atoms with van der Waals surface area (Å²) < 4.78 is 37.3. The van der Waals surface area contributed by atoms with E-state index in [1.54, 1.807) is 12.1 Å². The fourth-order valence-electron chi connectivity index (χ4n) is 17.9. The van der Waals surface area contributed by atoms with E-state index in [0.717, 1.165) is 113 Å². The molecule has 7 aromatic heterocycles. The van der Waals surface area contributed by atoms with Crippen LogP contribution >= 0.6 is 0 Å². The van der Waals surface area contributed by atoms with Crippen LogP contribution in [-0.4, -0.2) is 38.0 Å². The molecule has 0 N–H and O–H groups in total. The highest BCUT2D eigenvalue weighted by molar-refractivity contribution is 6.12. The summed E-state index contributed by atoms with van der Waals surface area (Å²) in [5.74, 6) is 1.40. The Bertz CT molecular complexity index is 6660. The molecule has 2 aliphatic rings. The molecule has 8 nitrogen and oxygen atoms in total. The molecule has 0 spiro atoms. The van der Waals surface area contributed by atoms with E-state index < -0.39 is 0 Å². The van der Waals surface area contributed by atoms with Crippen LogP contribution in [0.3, 0.4) is 0 Å². The molecule has 0 saturated heterocycles. The normalized spacial score (nSPS) is 13.4. The predicted molar refractivity (Wildman–Crippen MR) is 474 cm³/mol. The van der Waals surface area contributed by atoms with Crippen LogP contribution < -0.4 is 0 Å². The Labute approximate surface area is 672 Å². The average Bonchev–Trinajstić information content (AvgIpc) is 1.61. The number of nitrogens with zero attached hydrogens (tertiary/aromatic N) is 8. The number of hydrogen-bond donors (Lipinski definition) is 0. The second kappa shape index (κ2) is 31.2. The molecular weight excluding hydrogens is 1420 g/mol. The van der Waals surface area contributed by atoms with Gasteiger partial charge < -0.3 is 18.1 Å². The van der Waals surface area contributed by atoms with Crippen LogP contribution in [0, 0.1) is 11.6 Å². The molecule has 7 heterocycles. The van der Waals surface area contributed by atoms with Crippen LogP contribution in [-0.2, 0) is 0 Å². The van der Waals surface area contributed by atoms with Gasteiger partial charge in [-0.05, 0) is 199 Å². The first kappa shape index (κ1) is 71.1. The molecule has 2 saturated carbocycles. The lowest BCUT2D eigenvalue weighted by Gasteiger charge is -2.22. The molecule has 0 bridgehead atoms. The van der Waals surface area contributed by atoms with Crippen LogP contribution in [0.4, 0.5) is 8.78 Å². The van der Waals surface area contributed by atoms with Crippen molar-refractivity contribution in [3.63, 3.8) is 0 Å². The van der Waals surface area contributed by atoms with E-state index in [-0.39, 0.29) is 11.6 Å². The van der Waals surface area contributed by atoms with Gasteiger partial charge in [0.25, 0.3) is 0 Å². The summed E-state index contributed by atoms with van der Waals surface area (Å²) in [5.41, 5.74) is 26.9. The smallest absolute Gasteiger partial charge is 0.160 e. The molecule has 0 aliphatic heterocycles. The molecule has 560 valence electrons. The second-order valence-corrected chi connectivity index (χ2v) is 30.9. The van der Waals surface area contributed by atoms with Crippen molar-refractivity contribution in [2.75, 3.05) is 0 Å². The first-order chi connectivity index (χ1) is 57.3. The summed E-state index contributed by atoms with van der Waals surface area (Å²) in [6, 6.07) is 121. The Balaban J connectivity index is 0.000000116. The summed E-state index contributed by atoms with van der Waals surface area (Å²) >= 11 is 0. The summed E-state index contributed by atoms with van der Waals surface area (Å²) in [4.78, 5) is 19.9. The zero-order valence-corrected chi connectivity index (χ0v) is 64.2. The fraction of sp³-hybridized carbons (Fsp3) is 0.113. The van der Waals surface area contributed by atoms with Crippen LogP contribution in [0.25, 0.3) is 167 Å². The maximum Gasteiger partial charge on any atom is 0.160 e. The molecule has 13 aromatic carbocycles. The van der Waals surface area contributed by atoms with Gasteiger partial charge in [0.1, 0.15) is 17.3 Å². The number of aromatic nitrogens is 8. The molecule has 10 heteroatoms. The zero-order chi connectivity index (χ0) is 77.4. The lowest BCUT2D eigenvalue weighted by molar-refractivity contribution is 0.444. The van der Waals surface area contributed by atoms with Gasteiger partial charge >= 0.3 is 0 Å². The van der Waals surface area contributed by atoms with E-state index in [4.69, 9.17) is 19.9 Å². The lowest BCUT2D eigenvalue weighted by Crippen LogP contribution is -2.04. The minimum absolute atomic E-state index is 0.349. The van der Waals surface area contributed by atoms with Crippen molar-refractivity contribution in [1.82, 2.24) is 38.0 Å². The maximum absolute atomic E-state index is 14.2. The van der Waals surface area contributed by atoms with Gasteiger partial charge in [-0.15, -0.1) is 0 Å². The average molecular weight is 1510 g/mol. The number of para-hydroxylation sites is 2. The number of fused-ring (bicyclic) bond motifs is 10. The largest absolute Gasteiger partial charge is 0.309 e. The number of pyridine rings is 2. The number of hydrogen-bond acceptors (Lipinski definition) is 4. The van der Waals surface area contributed by atoms with E-state index >= 15 is 0 Å². The van der Waals surface area contributed by atoms with Crippen LogP contribution in [0.2, 0.25) is 0 Å². The first-order valence-electron chi connectivity index (χ1n) is 40.7. The number of imidazole rings is 1. The molecular formula is C106H82F2N8. The van der Waals surface area contributed by atoms with Gasteiger partial charge in [-0.3, -0.25) is 0 Å². The number of benzene rings is 13. The summed E-state index contributed by atoms with van der Waals surface area (Å²) in [5, 5.41) is 6.69. The van der Waals surface area contributed by atoms with Crippen molar-refractivity contribution in [2.24, 2.45) is 0 Å². The van der Waals surface area contributed by atoms with Crippen LogP contribution in [0.15, 0.2) is 364 Å². The van der Waals surface area contributed by atoms with Gasteiger partial charge in [0.2, 0.25) is 0 Å². The lowest BCUT2D eigenvalue weighted by atomic mass is 9.83. The Hall–Kier alpha value is -14.0. The fourth-order valence-corrected chi connectivity index (χ4v) is 17.9. The minimum Gasteiger partial charge on any atom is -0.309 e. The molecule has 0 amide bonds. The molecule has 2 fully saturated rings. The van der Waals surface area contributed by atoms with Gasteiger partial charge in [-0.25, -0.2) is 28.7 Å². The summed E-state index contributed by atoms with van der Waals surface area (Å²) in [6.45, 7) is 0. The molecule has 116 heavy (non-hydrogen) atoms. The highest BCUT2D eigenvalue weighted by atomic mass is 19.1. The Morgan fingerprint density at radius 2 is 0.638 bits per heavy atom. The SMILES string of the molecule is Fc1ccc2c(c1)c1cc(F)ccc1n2-c1cccc(-c2cc(-c3ccccc3)nc(-c3ccccc3)c2)c1.c1ccc(-c2cc(-c3cccc(-n4c5ccc(C6CCCCC6)cc5c5cc(C6CCCCC6)ccc54)c3)nc(-c3ccccc3)n2)cc1.c1ccc2c(c1)c1ccccc1n2-c1ccc(-c2cn3ccccc3n2)cc1. The van der Waals surface area contributed by atoms with E-state index in [1.165, 1.54) is 143 Å². The van der Waals surface area contributed by atoms with Crippen molar-refractivity contribution in [1.29, 1.82) is 0 Å². The highest BCUT2D eigenvalue weighted by Crippen LogP contribution is 2.44. The molecule has 0 unspecified atom stereocenters. The van der Waals surface area contributed by atoms with Gasteiger partial charge in [0.05, 0.1) is 61.6 Å². The van der Waals surface area contributed by atoms with Crippen LogP contribution in [0.5, 0.6) is 0 Å². The molecule has 0 atom stereocenters. The van der Waals surface area contributed by atoms with Crippen molar-refractivity contribution < 1.29 is 8.78 Å². The molecule has 2 aliphatic carbocycles. The monoisotopic (exact) mass is 1500 g/mol. The van der Waals surface area contributed by atoms with Gasteiger partial charge in [0.15, 0.2) is 5.82 Å². The van der Waals surface area contributed by atoms with Gasteiger partial charge in [-0.1, -0.05) is 251 Å². The number of rotatable bonds is 12. The Morgan fingerprint density at radius 3 is 1.15 bits per heavy atom. The molecule has 20 aromatic rings. The van der Waals surface area contributed by atoms with Crippen LogP contribution in [0.1, 0.15) is 87.2 Å². The third-order valence-electron chi connectivity index (χ3n) is 23.7. The van der Waals surface area contributed by atoms with Crippen molar-refractivity contribution >= 4 is 71.1 Å². The Kier molecular flexibility index (Phi) is 19.1. The topological polar surface area (TPSA) is 70.8 Å². The van der Waals surface area contributed by atoms with E-state index in [0.29, 0.717) is 22.6 Å². The standard InChI is InChI=1S/C46H43N3.C35H22F2N2.C25H17N3/c1-5-14-32(15-6-1)36-24-26-44-40(29-36)41-30-37(33-16-7-2-8-17-33)25-27-45(41)49(44)39-23-13-22-38(28-39)43-31-42(34-18-9-3-10-19-34)47-46(48-43)35-20-11-4-12-21-35;36-27-14-16-34-30(21-27)31-22-28(37)15-17-35(31)39(34)29-13-7-12-25(18-29)26-19-32(23-8-3-1-4-9-23)38-33(20-26)24-10-5-2-6-11-24;1-3-9-23-20(7-1)21-8-2-4-10-24(21)28(23)19-14-12-18(13-15-19)22-17-27-16-6-5-11-25(27)26-22/h3-4,9-13,18-33H,1-2,5-8,14-17H2;1-22H;1-17H. The van der Waals surface area contributed by atoms with Crippen molar-refractivity contribution in [3.8, 4) is 95.9 Å². The Morgan fingerprint density at radius 1 is 0.241 bits per heavy atom. The van der Waals surface area contributed by atoms with E-state index in [2.05, 4.69) is 267 Å². The van der Waals surface area contributed by atoms with E-state index in [1.807, 2.05) is 79.0 Å². The number of halogens is 2. The quantitative estimate of drug-likeness (QED) is 0.122. The predicted octanol–water partition coefficient (Wildman–Crippen LogP) is 28.2. The van der Waals surface area contributed by atoms with Crippen molar-refractivity contribution in [3.05, 3.63) is 387 Å². The second-order valence-electron chi connectivity index (χ2n) is 30.9. The summed E-state index contributed by atoms with van der Waals surface area (Å²) in [7, 11) is 0. The van der Waals surface area contributed by atoms with Crippen molar-refractivity contribution in [2.45, 2.75) is 76.0 Å². The first-order valence-corrected chi connectivity index (χ1v) is 40.7. The maximum atomic E-state index is 14.2. The molecule has 22 rings (SSSR count). The van der Waals surface area contributed by atoms with Gasteiger partial charge in [-0.2, -0.15) is 0 Å². The van der Waals surface area contributed by atoms with E-state index in [9.17, 15) is 8.78 Å². The van der Waals surface area contributed by atoms with Gasteiger partial charge in [0, 0.05) is 95.2 Å². The third kappa shape index (κ3) is 14.0. The highest BCUT2D eigenvalue weighted by Gasteiger charge is 2.24. The zero-order valence-electron chi connectivity index (χ0n) is 64.2. The minimum atomic E-state index is -0.349. The summed E-state index contributed by atoms with van der Waals surface area (Å²) in [6.07, 6.45) is 17.5. The molecule has 0 radical (unpaired) electrons.